The molecule has 4 aromatic carbocycles. The molecule has 0 amide bonds. The standard InChI is InChI=1S/C31H37.C13H10.C10H15.2ClH.Zr/c1-28(2,3)26-16-30(7,8)24-12-18-11-19-13-25-23(15-21(19)20(18)14-22(24)26)27(29(4,5)6)17-31(25,9)10;1-3-7-12(8-4-1)11-13-9-5-2-6-10-13;1-8-5-6-9(7-8)10(2,3)4;;;/h12-16H,11H2,1-10H3;1-10H;6-8H,1-4H3;2*1H;/q;;;;;+2/p-2. The summed E-state index contributed by atoms with van der Waals surface area (Å²) in [6.07, 6.45) is 8.84. The molecule has 0 heterocycles. The van der Waals surface area contributed by atoms with E-state index in [-0.39, 0.29) is 51.9 Å². The first-order chi connectivity index (χ1) is 25.6. The molecule has 0 saturated carbocycles. The van der Waals surface area contributed by atoms with Gasteiger partial charge in [-0.05, 0) is 0 Å². The summed E-state index contributed by atoms with van der Waals surface area (Å²) in [5.74, 6) is 0.410. The van der Waals surface area contributed by atoms with Gasteiger partial charge in [-0.15, -0.1) is 0 Å². The van der Waals surface area contributed by atoms with Gasteiger partial charge in [-0.25, -0.2) is 0 Å². The van der Waals surface area contributed by atoms with Gasteiger partial charge >= 0.3 is 343 Å². The van der Waals surface area contributed by atoms with E-state index < -0.39 is 21.3 Å². The molecular formula is C54H62Cl2Zr. The van der Waals surface area contributed by atoms with E-state index in [4.69, 9.17) is 0 Å². The fraction of sp³-hybridized carbons (Fsp3) is 0.389. The van der Waals surface area contributed by atoms with Crippen molar-refractivity contribution in [3.8, 4) is 11.1 Å². The van der Waals surface area contributed by atoms with Crippen LogP contribution in [0.25, 0.3) is 22.3 Å². The summed E-state index contributed by atoms with van der Waals surface area (Å²) in [5.41, 5.74) is 19.4. The first kappa shape index (κ1) is 43.7. The number of hydrogen-bond acceptors (Lipinski definition) is 0. The smallest absolute Gasteiger partial charge is 1.00 e. The molecule has 0 bridgehead atoms. The first-order valence-electron chi connectivity index (χ1n) is 20.7. The van der Waals surface area contributed by atoms with Crippen LogP contribution in [-0.2, 0) is 38.5 Å². The van der Waals surface area contributed by atoms with Gasteiger partial charge in [0.15, 0.2) is 0 Å². The molecule has 4 aliphatic rings. The molecule has 0 N–H and O–H groups in total. The molecule has 0 aromatic heterocycles. The zero-order valence-electron chi connectivity index (χ0n) is 36.9. The van der Waals surface area contributed by atoms with Gasteiger partial charge < -0.3 is 24.8 Å². The van der Waals surface area contributed by atoms with Gasteiger partial charge in [0.1, 0.15) is 0 Å². The van der Waals surface area contributed by atoms with Crippen molar-refractivity contribution in [3.63, 3.8) is 0 Å². The second-order valence-electron chi connectivity index (χ2n) is 21.2. The number of fused-ring (bicyclic) bond motifs is 5. The monoisotopic (exact) mass is 870 g/mol. The van der Waals surface area contributed by atoms with Crippen LogP contribution in [0.15, 0.2) is 115 Å². The van der Waals surface area contributed by atoms with E-state index in [1.807, 2.05) is 0 Å². The van der Waals surface area contributed by atoms with Crippen LogP contribution in [-0.4, -0.2) is 3.21 Å². The van der Waals surface area contributed by atoms with Crippen molar-refractivity contribution in [1.29, 1.82) is 0 Å². The molecule has 57 heavy (non-hydrogen) atoms. The number of halogens is 2. The largest absolute Gasteiger partial charge is 1.00 e. The summed E-state index contributed by atoms with van der Waals surface area (Å²) in [6, 6.07) is 33.4. The third-order valence-electron chi connectivity index (χ3n) is 13.0. The summed E-state index contributed by atoms with van der Waals surface area (Å²) >= 11 is -3.00. The molecule has 3 heteroatoms. The minimum absolute atomic E-state index is 0. The zero-order chi connectivity index (χ0) is 39.6. The third kappa shape index (κ3) is 7.29. The first-order valence-corrected chi connectivity index (χ1v) is 24.4. The Bertz CT molecular complexity index is 2380. The van der Waals surface area contributed by atoms with Crippen molar-refractivity contribution in [1.82, 2.24) is 0 Å². The van der Waals surface area contributed by atoms with E-state index in [0.717, 1.165) is 6.42 Å². The number of benzene rings is 4. The fourth-order valence-corrected chi connectivity index (χ4v) is 20.3. The van der Waals surface area contributed by atoms with Crippen LogP contribution >= 0.6 is 0 Å². The van der Waals surface area contributed by atoms with Crippen molar-refractivity contribution in [3.05, 3.63) is 160 Å². The van der Waals surface area contributed by atoms with Gasteiger partial charge in [-0.3, -0.25) is 0 Å². The molecule has 0 aliphatic heterocycles. The second-order valence-corrected chi connectivity index (χ2v) is 26.9. The molecule has 1 unspecified atom stereocenters. The van der Waals surface area contributed by atoms with E-state index in [1.54, 1.807) is 15.3 Å². The van der Waals surface area contributed by atoms with Gasteiger partial charge in [0.2, 0.25) is 0 Å². The van der Waals surface area contributed by atoms with Gasteiger partial charge in [0.05, 0.1) is 0 Å². The van der Waals surface area contributed by atoms with Crippen molar-refractivity contribution in [2.75, 3.05) is 0 Å². The Kier molecular flexibility index (Phi) is 11.3. The number of rotatable bonds is 4. The maximum absolute atomic E-state index is 3.00. The van der Waals surface area contributed by atoms with Crippen LogP contribution in [0.4, 0.5) is 0 Å². The topological polar surface area (TPSA) is 0 Å². The Hall–Kier alpha value is -2.83. The van der Waals surface area contributed by atoms with Crippen molar-refractivity contribution in [2.24, 2.45) is 22.2 Å². The Morgan fingerprint density at radius 3 is 1.60 bits per heavy atom. The van der Waals surface area contributed by atoms with E-state index in [2.05, 4.69) is 200 Å². The zero-order valence-corrected chi connectivity index (χ0v) is 40.8. The molecule has 0 fully saturated rings. The SMILES string of the molecule is CC1C=C(C(C)(C)C)C=[C]1[Zr+2]([C]1=C(C(C)(C)C)c2cc3c(cc2C1(C)C)Cc1cc2c(cc1-3)C(C(C)(C)C)=CC2(C)C)=[C](c1ccccc1)c1ccccc1.[Cl-].[Cl-]. The summed E-state index contributed by atoms with van der Waals surface area (Å²) in [6.45, 7) is 34.2. The molecule has 296 valence electrons. The van der Waals surface area contributed by atoms with Gasteiger partial charge in [0.25, 0.3) is 0 Å². The van der Waals surface area contributed by atoms with Crippen molar-refractivity contribution < 1.29 is 46.1 Å². The van der Waals surface area contributed by atoms with Gasteiger partial charge in [-0.2, -0.15) is 0 Å². The van der Waals surface area contributed by atoms with Crippen molar-refractivity contribution >= 4 is 14.4 Å². The molecule has 4 aliphatic carbocycles. The molecule has 8 rings (SSSR count). The second kappa shape index (κ2) is 14.7. The molecule has 1 atom stereocenters. The third-order valence-corrected chi connectivity index (χ3v) is 22.0. The summed E-state index contributed by atoms with van der Waals surface area (Å²) in [4.78, 5) is 0. The van der Waals surface area contributed by atoms with Crippen molar-refractivity contribution in [2.45, 2.75) is 114 Å². The Morgan fingerprint density at radius 1 is 0.614 bits per heavy atom. The minimum Gasteiger partial charge on any atom is -1.00 e. The van der Waals surface area contributed by atoms with Crippen LogP contribution in [0, 0.1) is 22.2 Å². The normalized spacial score (nSPS) is 18.5. The van der Waals surface area contributed by atoms with Crippen LogP contribution in [0.2, 0.25) is 0 Å². The van der Waals surface area contributed by atoms with Crippen LogP contribution in [0.3, 0.4) is 0 Å². The number of hydrogen-bond donors (Lipinski definition) is 0. The molecule has 0 radical (unpaired) electrons. The Morgan fingerprint density at radius 2 is 1.12 bits per heavy atom. The van der Waals surface area contributed by atoms with Gasteiger partial charge in [0, 0.05) is 0 Å². The molecular weight excluding hydrogens is 811 g/mol. The predicted octanol–water partition coefficient (Wildman–Crippen LogP) is 8.43. The van der Waals surface area contributed by atoms with Crippen LogP contribution < -0.4 is 24.8 Å². The van der Waals surface area contributed by atoms with E-state index in [0.29, 0.717) is 5.92 Å². The summed E-state index contributed by atoms with van der Waals surface area (Å²) < 4.78 is 5.09. The average molecular weight is 873 g/mol. The van der Waals surface area contributed by atoms with Gasteiger partial charge in [-0.1, -0.05) is 0 Å². The maximum atomic E-state index is 2.68. The summed E-state index contributed by atoms with van der Waals surface area (Å²) in [7, 11) is 0. The van der Waals surface area contributed by atoms with E-state index >= 15 is 0 Å². The summed E-state index contributed by atoms with van der Waals surface area (Å²) in [5, 5.41) is 0. The fourth-order valence-electron chi connectivity index (χ4n) is 10.3. The number of allylic oxidation sites excluding steroid dienone is 8. The molecule has 0 saturated heterocycles. The molecule has 0 nitrogen and oxygen atoms in total. The van der Waals surface area contributed by atoms with E-state index in [1.165, 1.54) is 66.8 Å². The average Bonchev–Trinajstić information content (AvgIpc) is 3.80. The van der Waals surface area contributed by atoms with E-state index in [9.17, 15) is 0 Å². The maximum Gasteiger partial charge on any atom is -1.00 e. The Balaban J connectivity index is 0.00000275. The quantitative estimate of drug-likeness (QED) is 0.170. The predicted molar refractivity (Wildman–Crippen MR) is 235 cm³/mol. The molecule has 0 spiro atoms. The Labute approximate surface area is 365 Å². The van der Waals surface area contributed by atoms with Crippen LogP contribution in [0.1, 0.15) is 141 Å². The molecule has 4 aromatic rings. The minimum atomic E-state index is -3.00. The van der Waals surface area contributed by atoms with Crippen LogP contribution in [0.5, 0.6) is 0 Å².